The number of halogens is 1. The number of carbonyl (C=O) groups excluding carboxylic acids is 1. The number of rotatable bonds is 4. The molecule has 4 nitrogen and oxygen atoms in total. The zero-order valence-corrected chi connectivity index (χ0v) is 9.34. The summed E-state index contributed by atoms with van der Waals surface area (Å²) >= 11 is 0. The van der Waals surface area contributed by atoms with Crippen molar-refractivity contribution in [2.45, 2.75) is 6.54 Å². The zero-order chi connectivity index (χ0) is 13.1. The minimum absolute atomic E-state index is 0.195. The molecule has 0 aliphatic rings. The van der Waals surface area contributed by atoms with Crippen LogP contribution in [-0.2, 0) is 11.3 Å². The molecule has 0 bridgehead atoms. The van der Waals surface area contributed by atoms with E-state index in [1.54, 1.807) is 6.07 Å². The van der Waals surface area contributed by atoms with Crippen LogP contribution in [0.25, 0.3) is 0 Å². The van der Waals surface area contributed by atoms with Crippen LogP contribution >= 0.6 is 0 Å². The molecule has 0 unspecified atom stereocenters. The average Bonchev–Trinajstić information content (AvgIpc) is 2.75. The van der Waals surface area contributed by atoms with E-state index in [-0.39, 0.29) is 17.8 Å². The molecule has 0 atom stereocenters. The van der Waals surface area contributed by atoms with Gasteiger partial charge in [0, 0.05) is 11.8 Å². The van der Waals surface area contributed by atoms with E-state index in [1.165, 1.54) is 35.0 Å². The normalized spacial score (nSPS) is 10.3. The maximum atomic E-state index is 13.0. The molecule has 0 radical (unpaired) electrons. The standard InChI is InChI=1S/C13H10FNO3/c14-10-4-1-3-9(7-10)13(18)11-5-2-6-15(11)8-12(16)17/h1-7H,8H2,(H,16,17). The number of carboxylic acids is 1. The van der Waals surface area contributed by atoms with E-state index >= 15 is 0 Å². The molecule has 0 aliphatic heterocycles. The number of benzene rings is 1. The number of nitrogens with zero attached hydrogens (tertiary/aromatic N) is 1. The van der Waals surface area contributed by atoms with E-state index in [1.807, 2.05) is 0 Å². The van der Waals surface area contributed by atoms with E-state index in [4.69, 9.17) is 5.11 Å². The molecule has 0 saturated carbocycles. The Kier molecular flexibility index (Phi) is 3.23. The number of aliphatic carboxylic acids is 1. The highest BCUT2D eigenvalue weighted by Gasteiger charge is 2.15. The summed E-state index contributed by atoms with van der Waals surface area (Å²) in [5.74, 6) is -1.95. The van der Waals surface area contributed by atoms with Gasteiger partial charge in [-0.1, -0.05) is 12.1 Å². The molecule has 0 saturated heterocycles. The maximum Gasteiger partial charge on any atom is 0.323 e. The monoisotopic (exact) mass is 247 g/mol. The van der Waals surface area contributed by atoms with Crippen LogP contribution in [0.1, 0.15) is 16.1 Å². The highest BCUT2D eigenvalue weighted by atomic mass is 19.1. The zero-order valence-electron chi connectivity index (χ0n) is 9.34. The van der Waals surface area contributed by atoms with Gasteiger partial charge in [-0.05, 0) is 24.3 Å². The summed E-state index contributed by atoms with van der Waals surface area (Å²) in [4.78, 5) is 22.7. The molecule has 0 amide bonds. The van der Waals surface area contributed by atoms with Crippen molar-refractivity contribution in [3.8, 4) is 0 Å². The Morgan fingerprint density at radius 2 is 2.00 bits per heavy atom. The molecule has 1 heterocycles. The van der Waals surface area contributed by atoms with E-state index in [0.717, 1.165) is 6.07 Å². The van der Waals surface area contributed by atoms with E-state index in [2.05, 4.69) is 0 Å². The summed E-state index contributed by atoms with van der Waals surface area (Å²) in [6.07, 6.45) is 1.50. The van der Waals surface area contributed by atoms with Gasteiger partial charge in [-0.3, -0.25) is 9.59 Å². The van der Waals surface area contributed by atoms with Gasteiger partial charge in [0.05, 0.1) is 5.69 Å². The van der Waals surface area contributed by atoms with Crippen LogP contribution in [0, 0.1) is 5.82 Å². The Bertz CT molecular complexity index is 604. The molecule has 1 N–H and O–H groups in total. The van der Waals surface area contributed by atoms with Crippen molar-refractivity contribution < 1.29 is 19.1 Å². The Morgan fingerprint density at radius 3 is 2.67 bits per heavy atom. The molecule has 1 aromatic heterocycles. The van der Waals surface area contributed by atoms with Gasteiger partial charge in [-0.15, -0.1) is 0 Å². The van der Waals surface area contributed by atoms with Gasteiger partial charge >= 0.3 is 5.97 Å². The number of aromatic nitrogens is 1. The third-order valence-electron chi connectivity index (χ3n) is 2.45. The lowest BCUT2D eigenvalue weighted by molar-refractivity contribution is -0.137. The Labute approximate surface area is 102 Å². The van der Waals surface area contributed by atoms with Crippen molar-refractivity contribution in [2.24, 2.45) is 0 Å². The minimum atomic E-state index is -1.04. The van der Waals surface area contributed by atoms with Crippen molar-refractivity contribution in [3.05, 3.63) is 59.7 Å². The molecular formula is C13H10FNO3. The van der Waals surface area contributed by atoms with Gasteiger partial charge < -0.3 is 9.67 Å². The van der Waals surface area contributed by atoms with Crippen molar-refractivity contribution in [1.82, 2.24) is 4.57 Å². The molecule has 2 aromatic rings. The van der Waals surface area contributed by atoms with Gasteiger partial charge in [-0.2, -0.15) is 0 Å². The second kappa shape index (κ2) is 4.83. The van der Waals surface area contributed by atoms with E-state index < -0.39 is 17.6 Å². The molecule has 18 heavy (non-hydrogen) atoms. The summed E-state index contributed by atoms with van der Waals surface area (Å²) < 4.78 is 14.3. The average molecular weight is 247 g/mol. The fourth-order valence-electron chi connectivity index (χ4n) is 1.68. The SMILES string of the molecule is O=C(O)Cn1cccc1C(=O)c1cccc(F)c1. The largest absolute Gasteiger partial charge is 0.480 e. The van der Waals surface area contributed by atoms with Crippen LogP contribution in [0.5, 0.6) is 0 Å². The molecule has 2 rings (SSSR count). The lowest BCUT2D eigenvalue weighted by Crippen LogP contribution is -2.14. The van der Waals surface area contributed by atoms with Gasteiger partial charge in [0.2, 0.25) is 5.78 Å². The Hall–Kier alpha value is -2.43. The van der Waals surface area contributed by atoms with Crippen molar-refractivity contribution in [3.63, 3.8) is 0 Å². The van der Waals surface area contributed by atoms with Crippen LogP contribution in [0.2, 0.25) is 0 Å². The van der Waals surface area contributed by atoms with Gasteiger partial charge in [-0.25, -0.2) is 4.39 Å². The maximum absolute atomic E-state index is 13.0. The highest BCUT2D eigenvalue weighted by Crippen LogP contribution is 2.12. The number of hydrogen-bond acceptors (Lipinski definition) is 2. The van der Waals surface area contributed by atoms with Crippen LogP contribution in [0.3, 0.4) is 0 Å². The smallest absolute Gasteiger partial charge is 0.323 e. The van der Waals surface area contributed by atoms with Crippen molar-refractivity contribution in [2.75, 3.05) is 0 Å². The molecule has 0 spiro atoms. The summed E-state index contributed by atoms with van der Waals surface area (Å²) in [5.41, 5.74) is 0.420. The van der Waals surface area contributed by atoms with Crippen molar-refractivity contribution in [1.29, 1.82) is 0 Å². The second-order valence-electron chi connectivity index (χ2n) is 3.75. The van der Waals surface area contributed by atoms with Crippen molar-refractivity contribution >= 4 is 11.8 Å². The third kappa shape index (κ3) is 2.45. The minimum Gasteiger partial charge on any atom is -0.480 e. The number of carbonyl (C=O) groups is 2. The molecule has 1 aromatic carbocycles. The van der Waals surface area contributed by atoms with E-state index in [9.17, 15) is 14.0 Å². The number of hydrogen-bond donors (Lipinski definition) is 1. The molecule has 5 heteroatoms. The van der Waals surface area contributed by atoms with Gasteiger partial charge in [0.25, 0.3) is 0 Å². The number of carboxylic acid groups (broad SMARTS) is 1. The van der Waals surface area contributed by atoms with Crippen LogP contribution < -0.4 is 0 Å². The summed E-state index contributed by atoms with van der Waals surface area (Å²) in [6.45, 7) is -0.302. The van der Waals surface area contributed by atoms with Gasteiger partial charge in [0.15, 0.2) is 0 Å². The molecule has 0 fully saturated rings. The van der Waals surface area contributed by atoms with Crippen LogP contribution in [-0.4, -0.2) is 21.4 Å². The predicted molar refractivity (Wildman–Crippen MR) is 61.9 cm³/mol. The number of ketones is 1. The predicted octanol–water partition coefficient (Wildman–Crippen LogP) is 1.94. The summed E-state index contributed by atoms with van der Waals surface area (Å²) in [5, 5.41) is 8.71. The first kappa shape index (κ1) is 12.0. The third-order valence-corrected chi connectivity index (χ3v) is 2.45. The fraction of sp³-hybridized carbons (Fsp3) is 0.0769. The summed E-state index contributed by atoms with van der Waals surface area (Å²) in [7, 11) is 0. The Morgan fingerprint density at radius 1 is 1.22 bits per heavy atom. The fourth-order valence-corrected chi connectivity index (χ4v) is 1.68. The first-order valence-electron chi connectivity index (χ1n) is 5.25. The first-order valence-corrected chi connectivity index (χ1v) is 5.25. The molecule has 0 aliphatic carbocycles. The van der Waals surface area contributed by atoms with E-state index in [0.29, 0.717) is 0 Å². The van der Waals surface area contributed by atoms with Crippen LogP contribution in [0.4, 0.5) is 4.39 Å². The molecule has 92 valence electrons. The topological polar surface area (TPSA) is 59.3 Å². The first-order chi connectivity index (χ1) is 8.58. The van der Waals surface area contributed by atoms with Crippen LogP contribution in [0.15, 0.2) is 42.6 Å². The van der Waals surface area contributed by atoms with Gasteiger partial charge in [0.1, 0.15) is 12.4 Å². The Balaban J connectivity index is 2.34. The second-order valence-corrected chi connectivity index (χ2v) is 3.75. The lowest BCUT2D eigenvalue weighted by Gasteiger charge is -2.05. The lowest BCUT2D eigenvalue weighted by atomic mass is 10.1. The highest BCUT2D eigenvalue weighted by molar-refractivity contribution is 6.08. The quantitative estimate of drug-likeness (QED) is 0.840. The molecular weight excluding hydrogens is 237 g/mol. The summed E-state index contributed by atoms with van der Waals surface area (Å²) in [6, 6.07) is 8.38.